The quantitative estimate of drug-likeness (QED) is 0.402. The lowest BCUT2D eigenvalue weighted by atomic mass is 10.0. The van der Waals surface area contributed by atoms with Crippen LogP contribution in [0.5, 0.6) is 0 Å². The predicted octanol–water partition coefficient (Wildman–Crippen LogP) is 1.59. The van der Waals surface area contributed by atoms with Crippen LogP contribution in [0.3, 0.4) is 0 Å². The van der Waals surface area contributed by atoms with E-state index < -0.39 is 51.9 Å². The van der Waals surface area contributed by atoms with Gasteiger partial charge in [-0.1, -0.05) is 23.7 Å². The molecule has 2 aliphatic rings. The highest BCUT2D eigenvalue weighted by Crippen LogP contribution is 2.24. The summed E-state index contributed by atoms with van der Waals surface area (Å²) < 4.78 is 28.6. The fraction of sp³-hybridized carbons (Fsp3) is 0.462. The Balaban J connectivity index is 1.38. The van der Waals surface area contributed by atoms with Crippen molar-refractivity contribution in [1.29, 1.82) is 0 Å². The third-order valence-electron chi connectivity index (χ3n) is 7.29. The van der Waals surface area contributed by atoms with Gasteiger partial charge in [0.05, 0.1) is 4.90 Å². The summed E-state index contributed by atoms with van der Waals surface area (Å²) in [6, 6.07) is 7.50. The number of nitrogens with one attached hydrogen (secondary N) is 2. The number of amides is 3. The van der Waals surface area contributed by atoms with Crippen LogP contribution in [0, 0.1) is 5.92 Å². The van der Waals surface area contributed by atoms with Gasteiger partial charge in [0.2, 0.25) is 27.7 Å². The topological polar surface area (TPSA) is 153 Å². The Morgan fingerprint density at radius 3 is 2.46 bits per heavy atom. The second-order valence-corrected chi connectivity index (χ2v) is 12.2. The van der Waals surface area contributed by atoms with Crippen molar-refractivity contribution in [3.63, 3.8) is 0 Å². The minimum absolute atomic E-state index is 0.0197. The second kappa shape index (κ2) is 11.5. The van der Waals surface area contributed by atoms with Crippen LogP contribution in [0.2, 0.25) is 5.02 Å². The number of sulfonamides is 1. The largest absolute Gasteiger partial charge is 0.481 e. The maximum atomic E-state index is 13.2. The maximum Gasteiger partial charge on any atom is 0.315 e. The number of benzene rings is 2. The zero-order chi connectivity index (χ0) is 28.5. The molecule has 210 valence electrons. The van der Waals surface area contributed by atoms with E-state index in [2.05, 4.69) is 10.0 Å². The highest BCUT2D eigenvalue weighted by atomic mass is 35.5. The first kappa shape index (κ1) is 28.8. The van der Waals surface area contributed by atoms with E-state index in [9.17, 15) is 27.6 Å². The number of rotatable bonds is 8. The molecule has 2 aliphatic heterocycles. The maximum absolute atomic E-state index is 13.2. The van der Waals surface area contributed by atoms with Gasteiger partial charge in [-0.15, -0.1) is 0 Å². The predicted molar refractivity (Wildman–Crippen MR) is 143 cm³/mol. The molecule has 4 atom stereocenters. The Morgan fingerprint density at radius 2 is 1.74 bits per heavy atom. The number of hydrogen-bond acceptors (Lipinski definition) is 6. The van der Waals surface area contributed by atoms with E-state index in [4.69, 9.17) is 16.7 Å². The van der Waals surface area contributed by atoms with Gasteiger partial charge in [-0.3, -0.25) is 19.2 Å². The lowest BCUT2D eigenvalue weighted by molar-refractivity contribution is -0.147. The normalized spacial score (nSPS) is 21.6. The molecule has 0 saturated carbocycles. The Kier molecular flexibility index (Phi) is 8.48. The van der Waals surface area contributed by atoms with Crippen molar-refractivity contribution in [1.82, 2.24) is 19.8 Å². The molecule has 0 spiro atoms. The molecule has 0 radical (unpaired) electrons. The Hall–Kier alpha value is -3.22. The van der Waals surface area contributed by atoms with E-state index in [1.807, 2.05) is 0 Å². The van der Waals surface area contributed by atoms with E-state index in [0.29, 0.717) is 29.8 Å². The molecule has 0 aliphatic carbocycles. The number of carbonyl (C=O) groups is 4. The van der Waals surface area contributed by atoms with Crippen LogP contribution in [-0.4, -0.2) is 84.8 Å². The van der Waals surface area contributed by atoms with Crippen LogP contribution >= 0.6 is 11.6 Å². The summed E-state index contributed by atoms with van der Waals surface area (Å²) in [6.07, 6.45) is 1.42. The standard InChI is InChI=1S/C26H31ClN4O7S/c1-15(26(35)36)23(32)28-20-4-3-10-30(14-20)24(33)16(2)31-11-9-22(25(31)34)29-39(37,38)21-8-6-17-12-19(27)7-5-18(17)13-21/h5-8,12-13,15-16,20,22,29H,3-4,9-11,14H2,1-2H3,(H,28,32)(H,35,36). The van der Waals surface area contributed by atoms with E-state index in [1.165, 1.54) is 24.0 Å². The summed E-state index contributed by atoms with van der Waals surface area (Å²) in [5, 5.41) is 13.7. The molecule has 2 heterocycles. The first-order chi connectivity index (χ1) is 18.4. The Labute approximate surface area is 231 Å². The third kappa shape index (κ3) is 6.34. The fourth-order valence-corrected chi connectivity index (χ4v) is 6.38. The summed E-state index contributed by atoms with van der Waals surface area (Å²) in [7, 11) is -4.01. The number of hydrogen-bond donors (Lipinski definition) is 3. The van der Waals surface area contributed by atoms with Crippen molar-refractivity contribution in [3.05, 3.63) is 41.4 Å². The molecular weight excluding hydrogens is 548 g/mol. The molecule has 0 bridgehead atoms. The second-order valence-electron chi connectivity index (χ2n) is 10.0. The molecule has 3 N–H and O–H groups in total. The van der Waals surface area contributed by atoms with Gasteiger partial charge in [-0.25, -0.2) is 8.42 Å². The van der Waals surface area contributed by atoms with Crippen molar-refractivity contribution < 1.29 is 32.7 Å². The molecule has 2 aromatic rings. The van der Waals surface area contributed by atoms with Gasteiger partial charge in [0.25, 0.3) is 0 Å². The molecule has 2 saturated heterocycles. The number of carboxylic acids is 1. The molecule has 0 aromatic heterocycles. The zero-order valence-corrected chi connectivity index (χ0v) is 23.2. The number of nitrogens with zero attached hydrogens (tertiary/aromatic N) is 2. The summed E-state index contributed by atoms with van der Waals surface area (Å²) in [4.78, 5) is 52.5. The Bertz CT molecular complexity index is 1420. The van der Waals surface area contributed by atoms with Crippen LogP contribution in [0.1, 0.15) is 33.1 Å². The van der Waals surface area contributed by atoms with Crippen molar-refractivity contribution in [2.45, 2.75) is 56.1 Å². The summed E-state index contributed by atoms with van der Waals surface area (Å²) >= 11 is 6.00. The van der Waals surface area contributed by atoms with Gasteiger partial charge in [-0.2, -0.15) is 4.72 Å². The number of carbonyl (C=O) groups excluding carboxylic acids is 3. The van der Waals surface area contributed by atoms with Crippen LogP contribution < -0.4 is 10.0 Å². The average Bonchev–Trinajstić information content (AvgIpc) is 3.25. The lowest BCUT2D eigenvalue weighted by Gasteiger charge is -2.36. The molecule has 2 fully saturated rings. The van der Waals surface area contributed by atoms with Gasteiger partial charge in [0.1, 0.15) is 18.0 Å². The molecule has 4 unspecified atom stereocenters. The molecule has 4 rings (SSSR count). The number of aliphatic carboxylic acids is 1. The van der Waals surface area contributed by atoms with Crippen LogP contribution in [0.25, 0.3) is 10.8 Å². The van der Waals surface area contributed by atoms with Crippen molar-refractivity contribution in [3.8, 4) is 0 Å². The smallest absolute Gasteiger partial charge is 0.315 e. The van der Waals surface area contributed by atoms with Gasteiger partial charge >= 0.3 is 5.97 Å². The summed E-state index contributed by atoms with van der Waals surface area (Å²) in [6.45, 7) is 3.74. The summed E-state index contributed by atoms with van der Waals surface area (Å²) in [5.41, 5.74) is 0. The minimum Gasteiger partial charge on any atom is -0.481 e. The average molecular weight is 579 g/mol. The van der Waals surface area contributed by atoms with E-state index >= 15 is 0 Å². The van der Waals surface area contributed by atoms with Crippen LogP contribution in [0.4, 0.5) is 0 Å². The van der Waals surface area contributed by atoms with E-state index in [1.54, 1.807) is 36.1 Å². The van der Waals surface area contributed by atoms with Gasteiger partial charge in [0, 0.05) is 30.7 Å². The van der Waals surface area contributed by atoms with Gasteiger partial charge in [0.15, 0.2) is 0 Å². The van der Waals surface area contributed by atoms with Crippen LogP contribution in [0.15, 0.2) is 41.3 Å². The first-order valence-electron chi connectivity index (χ1n) is 12.7. The van der Waals surface area contributed by atoms with Crippen LogP contribution in [-0.2, 0) is 29.2 Å². The SMILES string of the molecule is CC(C(=O)O)C(=O)NC1CCCN(C(=O)C(C)N2CCC(NS(=O)(=O)c3ccc4cc(Cl)ccc4c3)C2=O)C1. The molecule has 2 aromatic carbocycles. The molecule has 13 heteroatoms. The monoisotopic (exact) mass is 578 g/mol. The highest BCUT2D eigenvalue weighted by Gasteiger charge is 2.41. The minimum atomic E-state index is -4.01. The molecule has 39 heavy (non-hydrogen) atoms. The molecular formula is C26H31ClN4O7S. The van der Waals surface area contributed by atoms with E-state index in [0.717, 1.165) is 5.39 Å². The molecule has 11 nitrogen and oxygen atoms in total. The first-order valence-corrected chi connectivity index (χ1v) is 14.6. The molecule has 3 amide bonds. The number of piperidine rings is 1. The number of likely N-dealkylation sites (tertiary alicyclic amines) is 2. The van der Waals surface area contributed by atoms with Gasteiger partial charge in [-0.05, 0) is 68.1 Å². The number of halogens is 1. The lowest BCUT2D eigenvalue weighted by Crippen LogP contribution is -2.56. The Morgan fingerprint density at radius 1 is 1.05 bits per heavy atom. The third-order valence-corrected chi connectivity index (χ3v) is 8.99. The van der Waals surface area contributed by atoms with E-state index in [-0.39, 0.29) is 30.3 Å². The number of carboxylic acid groups (broad SMARTS) is 1. The van der Waals surface area contributed by atoms with Crippen molar-refractivity contribution >= 4 is 56.1 Å². The number of fused-ring (bicyclic) bond motifs is 1. The fourth-order valence-electron chi connectivity index (χ4n) is 4.94. The highest BCUT2D eigenvalue weighted by molar-refractivity contribution is 7.89. The van der Waals surface area contributed by atoms with Crippen molar-refractivity contribution in [2.24, 2.45) is 5.92 Å². The van der Waals surface area contributed by atoms with Crippen molar-refractivity contribution in [2.75, 3.05) is 19.6 Å². The summed E-state index contributed by atoms with van der Waals surface area (Å²) in [5.74, 6) is -3.84. The van der Waals surface area contributed by atoms with Gasteiger partial charge < -0.3 is 20.2 Å². The zero-order valence-electron chi connectivity index (χ0n) is 21.6.